The van der Waals surface area contributed by atoms with Crippen molar-refractivity contribution < 1.29 is 28.9 Å². The number of benzene rings is 3. The molecule has 1 heterocycles. The Bertz CT molecular complexity index is 1250. The largest absolute Gasteiger partial charge is 0.513 e. The second-order valence-electron chi connectivity index (χ2n) is 9.08. The highest BCUT2D eigenvalue weighted by Crippen LogP contribution is 2.14. The van der Waals surface area contributed by atoms with Crippen LogP contribution in [0.1, 0.15) is 19.4 Å². The summed E-state index contributed by atoms with van der Waals surface area (Å²) in [6, 6.07) is 23.0. The van der Waals surface area contributed by atoms with Crippen LogP contribution in [-0.4, -0.2) is 61.5 Å². The molecule has 3 aromatic rings. The van der Waals surface area contributed by atoms with Crippen LogP contribution in [0, 0.1) is 6.92 Å². The van der Waals surface area contributed by atoms with Crippen LogP contribution in [0.4, 0.5) is 11.4 Å². The highest BCUT2D eigenvalue weighted by Gasteiger charge is 2.10. The molecule has 0 spiro atoms. The van der Waals surface area contributed by atoms with E-state index in [-0.39, 0.29) is 18.3 Å². The summed E-state index contributed by atoms with van der Waals surface area (Å²) in [7, 11) is 0. The first-order chi connectivity index (χ1) is 22.1. The zero-order valence-corrected chi connectivity index (χ0v) is 30.8. The molecule has 0 radical (unpaired) electrons. The summed E-state index contributed by atoms with van der Waals surface area (Å²) in [5, 5.41) is 8.87. The quantitative estimate of drug-likeness (QED) is 0.0594. The molecular weight excluding hydrogens is 788 g/mol. The molecule has 250 valence electrons. The minimum absolute atomic E-state index is 0.0604. The lowest BCUT2D eigenvalue weighted by Crippen LogP contribution is -2.32. The third kappa shape index (κ3) is 19.8. The predicted octanol–water partition coefficient (Wildman–Crippen LogP) is 7.51. The highest BCUT2D eigenvalue weighted by atomic mass is 79.9. The van der Waals surface area contributed by atoms with Crippen LogP contribution in [-0.2, 0) is 23.8 Å². The van der Waals surface area contributed by atoms with E-state index in [0.717, 1.165) is 51.1 Å². The van der Waals surface area contributed by atoms with Gasteiger partial charge in [-0.3, -0.25) is 5.43 Å². The van der Waals surface area contributed by atoms with Gasteiger partial charge in [0, 0.05) is 44.5 Å². The van der Waals surface area contributed by atoms with Crippen LogP contribution in [0.25, 0.3) is 0 Å². The molecule has 10 nitrogen and oxygen atoms in total. The Kier molecular flexibility index (Phi) is 21.7. The van der Waals surface area contributed by atoms with Gasteiger partial charge >= 0.3 is 11.9 Å². The molecule has 1 saturated heterocycles. The van der Waals surface area contributed by atoms with Gasteiger partial charge in [-0.15, -0.1) is 0 Å². The fourth-order valence-corrected chi connectivity index (χ4v) is 3.89. The van der Waals surface area contributed by atoms with Gasteiger partial charge in [-0.1, -0.05) is 65.5 Å². The molecule has 1 fully saturated rings. The van der Waals surface area contributed by atoms with Crippen molar-refractivity contribution in [2.45, 2.75) is 20.8 Å². The zero-order chi connectivity index (χ0) is 34.2. The first-order valence-electron chi connectivity index (χ1n) is 14.3. The second kappa shape index (κ2) is 24.7. The second-order valence-corrected chi connectivity index (χ2v) is 11.8. The monoisotopic (exact) mass is 826 g/mol. The molecule has 13 heteroatoms. The van der Waals surface area contributed by atoms with E-state index in [2.05, 4.69) is 77.7 Å². The number of aliphatic hydroxyl groups is 1. The topological polar surface area (TPSA) is 135 Å². The highest BCUT2D eigenvalue weighted by molar-refractivity contribution is 9.11. The number of nitrogens with two attached hydrogens (primary N) is 1. The number of nitrogens with zero attached hydrogens (tertiary/aromatic N) is 1. The number of nitrogen functional groups attached to an aromatic ring is 1. The van der Waals surface area contributed by atoms with Crippen molar-refractivity contribution in [2.24, 2.45) is 0 Å². The van der Waals surface area contributed by atoms with Crippen LogP contribution >= 0.6 is 47.8 Å². The van der Waals surface area contributed by atoms with Crippen LogP contribution < -0.4 is 16.6 Å². The number of hydrazine groups is 1. The predicted molar refractivity (Wildman–Crippen MR) is 194 cm³/mol. The minimum Gasteiger partial charge on any atom is -0.513 e. The number of esters is 2. The number of hydrogen-bond donors (Lipinski definition) is 4. The van der Waals surface area contributed by atoms with Gasteiger partial charge in [-0.2, -0.15) is 0 Å². The number of aliphatic hydroxyl groups excluding tert-OH is 1. The Morgan fingerprint density at radius 2 is 1.37 bits per heavy atom. The van der Waals surface area contributed by atoms with Crippen LogP contribution in [0.5, 0.6) is 0 Å². The van der Waals surface area contributed by atoms with Crippen molar-refractivity contribution >= 4 is 71.1 Å². The Labute approximate surface area is 296 Å². The number of halogens is 3. The van der Waals surface area contributed by atoms with E-state index < -0.39 is 5.97 Å². The molecule has 1 aliphatic heterocycles. The number of aryl methyl sites for hydroxylation is 1. The number of hydrogen-bond acceptors (Lipinski definition) is 10. The summed E-state index contributed by atoms with van der Waals surface area (Å²) >= 11 is 9.94. The molecular formula is C33H41Br3N4O6. The van der Waals surface area contributed by atoms with Gasteiger partial charge in [0.05, 0.1) is 32.1 Å². The lowest BCUT2D eigenvalue weighted by molar-refractivity contribution is -0.139. The lowest BCUT2D eigenvalue weighted by Gasteiger charge is -2.24. The van der Waals surface area contributed by atoms with Crippen molar-refractivity contribution in [3.63, 3.8) is 0 Å². The number of anilines is 2. The normalized spacial score (nSPS) is 12.2. The average Bonchev–Trinajstić information content (AvgIpc) is 3.06. The van der Waals surface area contributed by atoms with Crippen LogP contribution in [0.3, 0.4) is 0 Å². The number of nitrogens with one attached hydrogen (secondary N) is 2. The van der Waals surface area contributed by atoms with E-state index in [1.165, 1.54) is 11.6 Å². The van der Waals surface area contributed by atoms with E-state index in [9.17, 15) is 9.59 Å². The van der Waals surface area contributed by atoms with Crippen molar-refractivity contribution in [2.75, 3.05) is 50.7 Å². The molecule has 0 bridgehead atoms. The molecule has 0 amide bonds. The zero-order valence-electron chi connectivity index (χ0n) is 26.0. The van der Waals surface area contributed by atoms with Gasteiger partial charge in [-0.05, 0) is 81.4 Å². The van der Waals surface area contributed by atoms with E-state index in [4.69, 9.17) is 25.1 Å². The van der Waals surface area contributed by atoms with E-state index in [0.29, 0.717) is 12.9 Å². The first-order valence-corrected chi connectivity index (χ1v) is 16.6. The van der Waals surface area contributed by atoms with Gasteiger partial charge in [-0.25, -0.2) is 9.59 Å². The molecule has 0 saturated carbocycles. The van der Waals surface area contributed by atoms with Crippen molar-refractivity contribution in [1.29, 1.82) is 0 Å². The van der Waals surface area contributed by atoms with Crippen LogP contribution in [0.2, 0.25) is 0 Å². The number of morpholine rings is 1. The summed E-state index contributed by atoms with van der Waals surface area (Å²) in [4.78, 5) is 24.2. The van der Waals surface area contributed by atoms with Crippen molar-refractivity contribution in [3.8, 4) is 0 Å². The summed E-state index contributed by atoms with van der Waals surface area (Å²) in [5.41, 5.74) is 13.5. The van der Waals surface area contributed by atoms with Crippen LogP contribution in [0.15, 0.2) is 110 Å². The summed E-state index contributed by atoms with van der Waals surface area (Å²) in [5.74, 6) is -0.909. The smallest absolute Gasteiger partial charge is 0.359 e. The SMILES string of the molecule is CCOC(=O)/C=C/N1CCOCC1.CCOC(=O)C(=CO)NNc1ccc(Br)cc1.Cc1ccc(Br)cc1.Nc1ccc(Br)cc1. The average molecular weight is 829 g/mol. The maximum Gasteiger partial charge on any atom is 0.359 e. The Balaban J connectivity index is 0.000000322. The summed E-state index contributed by atoms with van der Waals surface area (Å²) in [6.07, 6.45) is 3.87. The molecule has 0 atom stereocenters. The summed E-state index contributed by atoms with van der Waals surface area (Å²) in [6.45, 7) is 9.37. The molecule has 0 unspecified atom stereocenters. The van der Waals surface area contributed by atoms with Gasteiger partial charge in [0.25, 0.3) is 0 Å². The van der Waals surface area contributed by atoms with Gasteiger partial charge in [0.2, 0.25) is 0 Å². The van der Waals surface area contributed by atoms with E-state index in [1.807, 2.05) is 53.4 Å². The maximum absolute atomic E-state index is 11.3. The number of ether oxygens (including phenoxy) is 3. The summed E-state index contributed by atoms with van der Waals surface area (Å²) < 4.78 is 17.8. The number of rotatable bonds is 8. The molecule has 1 aliphatic rings. The third-order valence-corrected chi connectivity index (χ3v) is 7.03. The molecule has 5 N–H and O–H groups in total. The van der Waals surface area contributed by atoms with Gasteiger partial charge < -0.3 is 35.4 Å². The maximum atomic E-state index is 11.3. The standard InChI is InChI=1S/C11H13BrN2O3.C9H15NO3.C7H7Br.C6H6BrN/c1-2-17-11(16)10(7-15)14-13-9-5-3-8(12)4-6-9;1-2-13-9(11)3-4-10-5-7-12-8-6-10;1-6-2-4-7(8)5-3-6;7-5-1-3-6(8)4-2-5/h3-7,13-15H,2H2,1H3;3-4H,2,5-8H2,1H3;2-5H,1H3;1-4H,8H2/b;4-3+;;. The van der Waals surface area contributed by atoms with Gasteiger partial charge in [0.15, 0.2) is 5.70 Å². The molecule has 46 heavy (non-hydrogen) atoms. The lowest BCUT2D eigenvalue weighted by atomic mass is 10.2. The fourth-order valence-electron chi connectivity index (χ4n) is 3.10. The Morgan fingerprint density at radius 1 is 0.870 bits per heavy atom. The fraction of sp³-hybridized carbons (Fsp3) is 0.273. The molecule has 4 rings (SSSR count). The molecule has 0 aliphatic carbocycles. The number of carbonyl (C=O) groups is 2. The Hall–Kier alpha value is -3.52. The minimum atomic E-state index is -0.625. The Morgan fingerprint density at radius 3 is 1.83 bits per heavy atom. The molecule has 3 aromatic carbocycles. The number of carbonyl (C=O) groups excluding carboxylic acids is 2. The third-order valence-electron chi connectivity index (χ3n) is 5.44. The van der Waals surface area contributed by atoms with E-state index >= 15 is 0 Å². The first kappa shape index (κ1) is 40.5. The van der Waals surface area contributed by atoms with Crippen molar-refractivity contribution in [3.05, 3.63) is 116 Å². The van der Waals surface area contributed by atoms with E-state index in [1.54, 1.807) is 32.2 Å². The molecule has 0 aromatic heterocycles. The van der Waals surface area contributed by atoms with Crippen molar-refractivity contribution in [1.82, 2.24) is 10.3 Å². The van der Waals surface area contributed by atoms with Gasteiger partial charge in [0.1, 0.15) is 6.26 Å².